The van der Waals surface area contributed by atoms with Crippen LogP contribution in [0, 0.1) is 6.92 Å². The van der Waals surface area contributed by atoms with Crippen molar-refractivity contribution < 1.29 is 0 Å². The number of aryl methyl sites for hydroxylation is 1. The molecule has 1 fully saturated rings. The summed E-state index contributed by atoms with van der Waals surface area (Å²) >= 11 is 6.27. The summed E-state index contributed by atoms with van der Waals surface area (Å²) in [5.41, 5.74) is 2.02. The Morgan fingerprint density at radius 1 is 1.40 bits per heavy atom. The molecule has 2 heterocycles. The van der Waals surface area contributed by atoms with Crippen molar-refractivity contribution >= 4 is 17.5 Å². The lowest BCUT2D eigenvalue weighted by Crippen LogP contribution is -2.49. The van der Waals surface area contributed by atoms with Gasteiger partial charge in [0.15, 0.2) is 5.82 Å². The summed E-state index contributed by atoms with van der Waals surface area (Å²) in [6.07, 6.45) is 0. The number of H-pyrrole nitrogens is 1. The number of rotatable bonds is 2. The molecule has 0 radical (unpaired) electrons. The van der Waals surface area contributed by atoms with Crippen LogP contribution in [0.3, 0.4) is 0 Å². The van der Waals surface area contributed by atoms with E-state index in [9.17, 15) is 0 Å². The summed E-state index contributed by atoms with van der Waals surface area (Å²) in [4.78, 5) is 6.76. The van der Waals surface area contributed by atoms with Gasteiger partial charge in [-0.3, -0.25) is 5.10 Å². The minimum Gasteiger partial charge on any atom is -0.337 e. The molecular formula is C14H18ClN5. The van der Waals surface area contributed by atoms with Crippen molar-refractivity contribution in [3.63, 3.8) is 0 Å². The minimum atomic E-state index is 0.452. The first-order valence-corrected chi connectivity index (χ1v) is 7.18. The van der Waals surface area contributed by atoms with Crippen molar-refractivity contribution in [1.82, 2.24) is 20.5 Å². The predicted octanol–water partition coefficient (Wildman–Crippen LogP) is 2.23. The average molecular weight is 292 g/mol. The molecular weight excluding hydrogens is 274 g/mol. The molecule has 1 aliphatic heterocycles. The van der Waals surface area contributed by atoms with Crippen LogP contribution in [0.1, 0.15) is 12.5 Å². The molecule has 1 atom stereocenters. The Hall–Kier alpha value is -1.59. The first kappa shape index (κ1) is 13.4. The van der Waals surface area contributed by atoms with Gasteiger partial charge in [0.05, 0.1) is 5.02 Å². The summed E-state index contributed by atoms with van der Waals surface area (Å²) in [5.74, 6) is 1.46. The van der Waals surface area contributed by atoms with Crippen molar-refractivity contribution in [1.29, 1.82) is 0 Å². The number of hydrogen-bond acceptors (Lipinski definition) is 4. The molecule has 1 aromatic heterocycles. The molecule has 0 unspecified atom stereocenters. The molecule has 0 aliphatic carbocycles. The van der Waals surface area contributed by atoms with Crippen molar-refractivity contribution in [2.24, 2.45) is 0 Å². The number of aromatic amines is 1. The van der Waals surface area contributed by atoms with Crippen LogP contribution in [-0.4, -0.2) is 40.9 Å². The third-order valence-corrected chi connectivity index (χ3v) is 3.82. The van der Waals surface area contributed by atoms with Gasteiger partial charge in [0.2, 0.25) is 5.95 Å². The van der Waals surface area contributed by atoms with E-state index < -0.39 is 0 Å². The molecule has 2 N–H and O–H groups in total. The van der Waals surface area contributed by atoms with Gasteiger partial charge in [-0.15, -0.1) is 5.10 Å². The number of nitrogens with zero attached hydrogens (tertiary/aromatic N) is 3. The monoisotopic (exact) mass is 291 g/mol. The summed E-state index contributed by atoms with van der Waals surface area (Å²) in [7, 11) is 0. The second-order valence-corrected chi connectivity index (χ2v) is 5.68. The zero-order chi connectivity index (χ0) is 14.1. The first-order chi connectivity index (χ1) is 9.63. The van der Waals surface area contributed by atoms with Crippen LogP contribution in [0.2, 0.25) is 5.02 Å². The lowest BCUT2D eigenvalue weighted by molar-refractivity contribution is 0.480. The summed E-state index contributed by atoms with van der Waals surface area (Å²) < 4.78 is 0. The molecule has 1 saturated heterocycles. The fourth-order valence-corrected chi connectivity index (χ4v) is 2.77. The number of halogens is 1. The number of hydrogen-bond donors (Lipinski definition) is 2. The maximum absolute atomic E-state index is 6.27. The zero-order valence-electron chi connectivity index (χ0n) is 11.7. The minimum absolute atomic E-state index is 0.452. The largest absolute Gasteiger partial charge is 0.337 e. The molecule has 3 rings (SSSR count). The van der Waals surface area contributed by atoms with E-state index in [1.54, 1.807) is 0 Å². The Labute approximate surface area is 123 Å². The van der Waals surface area contributed by atoms with Crippen molar-refractivity contribution in [3.05, 3.63) is 28.8 Å². The van der Waals surface area contributed by atoms with Gasteiger partial charge in [0.25, 0.3) is 0 Å². The van der Waals surface area contributed by atoms with E-state index in [0.29, 0.717) is 11.1 Å². The third kappa shape index (κ3) is 2.64. The van der Waals surface area contributed by atoms with Gasteiger partial charge in [-0.05, 0) is 31.5 Å². The maximum Gasteiger partial charge on any atom is 0.245 e. The van der Waals surface area contributed by atoms with E-state index in [1.165, 1.54) is 0 Å². The molecule has 0 bridgehead atoms. The van der Waals surface area contributed by atoms with Crippen LogP contribution in [-0.2, 0) is 0 Å². The van der Waals surface area contributed by atoms with Gasteiger partial charge in [0, 0.05) is 31.2 Å². The van der Waals surface area contributed by atoms with Gasteiger partial charge in [-0.25, -0.2) is 0 Å². The second-order valence-electron chi connectivity index (χ2n) is 5.27. The van der Waals surface area contributed by atoms with Crippen LogP contribution in [0.25, 0.3) is 11.4 Å². The van der Waals surface area contributed by atoms with E-state index in [4.69, 9.17) is 11.6 Å². The molecule has 1 aliphatic rings. The number of piperazine rings is 1. The predicted molar refractivity (Wildman–Crippen MR) is 81.2 cm³/mol. The SMILES string of the molecule is Cc1ccc(-c2nc(N3CCN[C@H](C)C3)n[nH]2)c(Cl)c1. The zero-order valence-corrected chi connectivity index (χ0v) is 12.4. The van der Waals surface area contributed by atoms with Gasteiger partial charge < -0.3 is 10.2 Å². The van der Waals surface area contributed by atoms with Crippen molar-refractivity contribution in [2.75, 3.05) is 24.5 Å². The number of aromatic nitrogens is 3. The highest BCUT2D eigenvalue weighted by Gasteiger charge is 2.20. The normalized spacial score (nSPS) is 19.4. The number of nitrogens with one attached hydrogen (secondary N) is 2. The Balaban J connectivity index is 1.86. The quantitative estimate of drug-likeness (QED) is 0.891. The molecule has 20 heavy (non-hydrogen) atoms. The third-order valence-electron chi connectivity index (χ3n) is 3.50. The number of anilines is 1. The Morgan fingerprint density at radius 2 is 2.25 bits per heavy atom. The van der Waals surface area contributed by atoms with E-state index in [2.05, 4.69) is 32.3 Å². The van der Waals surface area contributed by atoms with E-state index >= 15 is 0 Å². The van der Waals surface area contributed by atoms with Gasteiger partial charge in [-0.1, -0.05) is 17.7 Å². The van der Waals surface area contributed by atoms with Crippen LogP contribution in [0.5, 0.6) is 0 Å². The van der Waals surface area contributed by atoms with E-state index in [-0.39, 0.29) is 0 Å². The fourth-order valence-electron chi connectivity index (χ4n) is 2.44. The average Bonchev–Trinajstić information content (AvgIpc) is 2.88. The lowest BCUT2D eigenvalue weighted by Gasteiger charge is -2.30. The second kappa shape index (κ2) is 5.42. The summed E-state index contributed by atoms with van der Waals surface area (Å²) in [6.45, 7) is 6.97. The van der Waals surface area contributed by atoms with Crippen LogP contribution >= 0.6 is 11.6 Å². The topological polar surface area (TPSA) is 56.8 Å². The van der Waals surface area contributed by atoms with Crippen LogP contribution in [0.4, 0.5) is 5.95 Å². The molecule has 0 saturated carbocycles. The molecule has 1 aromatic carbocycles. The highest BCUT2D eigenvalue weighted by molar-refractivity contribution is 6.33. The highest BCUT2D eigenvalue weighted by Crippen LogP contribution is 2.27. The van der Waals surface area contributed by atoms with E-state index in [0.717, 1.165) is 42.5 Å². The molecule has 106 valence electrons. The molecule has 2 aromatic rings. The molecule has 0 spiro atoms. The summed E-state index contributed by atoms with van der Waals surface area (Å²) in [5, 5.41) is 11.4. The molecule has 0 amide bonds. The number of benzene rings is 1. The highest BCUT2D eigenvalue weighted by atomic mass is 35.5. The summed E-state index contributed by atoms with van der Waals surface area (Å²) in [6, 6.07) is 6.39. The molecule has 5 nitrogen and oxygen atoms in total. The maximum atomic E-state index is 6.27. The fraction of sp³-hybridized carbons (Fsp3) is 0.429. The standard InChI is InChI=1S/C14H18ClN5/c1-9-3-4-11(12(15)7-9)13-17-14(19-18-13)20-6-5-16-10(2)8-20/h3-4,7,10,16H,5-6,8H2,1-2H3,(H,17,18,19)/t10-/m1/s1. The Bertz CT molecular complexity index is 609. The Morgan fingerprint density at radius 3 is 3.00 bits per heavy atom. The van der Waals surface area contributed by atoms with Gasteiger partial charge in [0.1, 0.15) is 0 Å². The first-order valence-electron chi connectivity index (χ1n) is 6.81. The van der Waals surface area contributed by atoms with Crippen LogP contribution in [0.15, 0.2) is 18.2 Å². The lowest BCUT2D eigenvalue weighted by atomic mass is 10.1. The Kier molecular flexibility index (Phi) is 3.63. The van der Waals surface area contributed by atoms with E-state index in [1.807, 2.05) is 25.1 Å². The molecule has 6 heteroatoms. The smallest absolute Gasteiger partial charge is 0.245 e. The van der Waals surface area contributed by atoms with Crippen LogP contribution < -0.4 is 10.2 Å². The van der Waals surface area contributed by atoms with Crippen molar-refractivity contribution in [2.45, 2.75) is 19.9 Å². The van der Waals surface area contributed by atoms with Gasteiger partial charge in [-0.2, -0.15) is 4.98 Å². The van der Waals surface area contributed by atoms with Crippen molar-refractivity contribution in [3.8, 4) is 11.4 Å². The van der Waals surface area contributed by atoms with Gasteiger partial charge >= 0.3 is 0 Å².